The lowest BCUT2D eigenvalue weighted by Crippen LogP contribution is -2.23. The molecular weight excluding hydrogens is 290 g/mol. The summed E-state index contributed by atoms with van der Waals surface area (Å²) in [5, 5.41) is 11.9. The number of hydrogen-bond donors (Lipinski definition) is 1. The molecule has 0 aliphatic carbocycles. The molecule has 0 fully saturated rings. The van der Waals surface area contributed by atoms with Crippen molar-refractivity contribution in [2.45, 2.75) is 6.42 Å². The smallest absolute Gasteiger partial charge is 0.226 e. The van der Waals surface area contributed by atoms with E-state index in [2.05, 4.69) is 15.5 Å². The van der Waals surface area contributed by atoms with Crippen LogP contribution in [0.25, 0.3) is 11.0 Å². The van der Waals surface area contributed by atoms with Crippen molar-refractivity contribution in [3.63, 3.8) is 0 Å². The second-order valence-electron chi connectivity index (χ2n) is 5.68. The highest BCUT2D eigenvalue weighted by atomic mass is 16.2. The number of aryl methyl sites for hydroxylation is 1. The van der Waals surface area contributed by atoms with E-state index in [9.17, 15) is 4.79 Å². The fourth-order valence-corrected chi connectivity index (χ4v) is 2.31. The summed E-state index contributed by atoms with van der Waals surface area (Å²) in [6, 6.07) is 13.7. The van der Waals surface area contributed by atoms with Crippen LogP contribution < -0.4 is 5.32 Å². The lowest BCUT2D eigenvalue weighted by Gasteiger charge is -2.11. The highest BCUT2D eigenvalue weighted by Crippen LogP contribution is 2.20. The molecule has 0 bridgehead atoms. The number of amides is 1. The van der Waals surface area contributed by atoms with Gasteiger partial charge in [-0.05, 0) is 35.9 Å². The van der Waals surface area contributed by atoms with Gasteiger partial charge in [0.25, 0.3) is 0 Å². The molecule has 6 heteroatoms. The number of carbonyl (C=O) groups excluding carboxylic acids is 1. The first-order valence-corrected chi connectivity index (χ1v) is 7.38. The molecule has 0 aliphatic rings. The van der Waals surface area contributed by atoms with Crippen molar-refractivity contribution in [2.75, 3.05) is 19.4 Å². The number of aromatic nitrogens is 3. The number of fused-ring (bicyclic) bond motifs is 1. The third kappa shape index (κ3) is 3.48. The Hall–Kier alpha value is -2.89. The monoisotopic (exact) mass is 309 g/mol. The van der Waals surface area contributed by atoms with Crippen molar-refractivity contribution in [1.82, 2.24) is 19.9 Å². The maximum Gasteiger partial charge on any atom is 0.226 e. The molecule has 0 saturated heterocycles. The molecule has 1 amide bonds. The Morgan fingerprint density at radius 2 is 1.70 bits per heavy atom. The van der Waals surface area contributed by atoms with Crippen LogP contribution in [0.5, 0.6) is 0 Å². The van der Waals surface area contributed by atoms with Crippen LogP contribution in [0.1, 0.15) is 5.56 Å². The first-order valence-electron chi connectivity index (χ1n) is 7.38. The van der Waals surface area contributed by atoms with Crippen molar-refractivity contribution in [1.29, 1.82) is 0 Å². The van der Waals surface area contributed by atoms with E-state index in [1.54, 1.807) is 30.8 Å². The normalized spacial score (nSPS) is 10.7. The predicted octanol–water partition coefficient (Wildman–Crippen LogP) is 2.34. The molecule has 0 spiro atoms. The van der Waals surface area contributed by atoms with Gasteiger partial charge >= 0.3 is 0 Å². The zero-order valence-electron chi connectivity index (χ0n) is 13.4. The van der Waals surface area contributed by atoms with Gasteiger partial charge in [0.05, 0.1) is 6.42 Å². The number of hydrogen-bond acceptors (Lipinski definition) is 4. The van der Waals surface area contributed by atoms with Crippen LogP contribution >= 0.6 is 0 Å². The second-order valence-corrected chi connectivity index (χ2v) is 5.68. The number of likely N-dealkylation sites (N-methyl/N-ethyl adjacent to an activating group) is 1. The van der Waals surface area contributed by atoms with Gasteiger partial charge in [0.15, 0.2) is 0 Å². The summed E-state index contributed by atoms with van der Waals surface area (Å²) in [4.78, 5) is 14.9. The van der Waals surface area contributed by atoms with E-state index in [4.69, 9.17) is 0 Å². The lowest BCUT2D eigenvalue weighted by atomic mass is 10.1. The van der Waals surface area contributed by atoms with Gasteiger partial charge in [-0.3, -0.25) is 4.79 Å². The Morgan fingerprint density at radius 1 is 1.04 bits per heavy atom. The minimum Gasteiger partial charge on any atom is -0.355 e. The molecule has 1 aromatic heterocycles. The molecule has 118 valence electrons. The largest absolute Gasteiger partial charge is 0.355 e. The quantitative estimate of drug-likeness (QED) is 0.803. The van der Waals surface area contributed by atoms with Gasteiger partial charge in [-0.15, -0.1) is 0 Å². The molecule has 0 atom stereocenters. The molecule has 6 nitrogen and oxygen atoms in total. The Labute approximate surface area is 134 Å². The molecule has 23 heavy (non-hydrogen) atoms. The average molecular weight is 309 g/mol. The van der Waals surface area contributed by atoms with Crippen molar-refractivity contribution in [2.24, 2.45) is 7.05 Å². The van der Waals surface area contributed by atoms with Gasteiger partial charge in [-0.25, -0.2) is 0 Å². The third-order valence-electron chi connectivity index (χ3n) is 3.58. The summed E-state index contributed by atoms with van der Waals surface area (Å²) in [7, 11) is 5.34. The van der Waals surface area contributed by atoms with Gasteiger partial charge in [0.1, 0.15) is 11.0 Å². The summed E-state index contributed by atoms with van der Waals surface area (Å²) < 4.78 is 0. The zero-order valence-corrected chi connectivity index (χ0v) is 13.4. The maximum atomic E-state index is 11.7. The molecule has 0 saturated carbocycles. The average Bonchev–Trinajstić information content (AvgIpc) is 2.88. The molecule has 3 aromatic rings. The van der Waals surface area contributed by atoms with Gasteiger partial charge in [-0.2, -0.15) is 15.0 Å². The van der Waals surface area contributed by atoms with E-state index in [1.807, 2.05) is 42.5 Å². The summed E-state index contributed by atoms with van der Waals surface area (Å²) in [6.07, 6.45) is 0.416. The highest BCUT2D eigenvalue weighted by Gasteiger charge is 2.06. The molecule has 0 aliphatic heterocycles. The molecule has 3 rings (SSSR count). The van der Waals surface area contributed by atoms with E-state index in [1.165, 1.54) is 0 Å². The minimum atomic E-state index is 0.0961. The Balaban J connectivity index is 1.72. The van der Waals surface area contributed by atoms with Crippen LogP contribution in [-0.4, -0.2) is 39.9 Å². The van der Waals surface area contributed by atoms with Crippen LogP contribution in [0.4, 0.5) is 11.4 Å². The molecule has 0 unspecified atom stereocenters. The summed E-state index contributed by atoms with van der Waals surface area (Å²) in [5.41, 5.74) is 4.64. The van der Waals surface area contributed by atoms with Crippen LogP contribution in [-0.2, 0) is 18.3 Å². The van der Waals surface area contributed by atoms with Gasteiger partial charge < -0.3 is 10.2 Å². The van der Waals surface area contributed by atoms with E-state index in [-0.39, 0.29) is 5.91 Å². The van der Waals surface area contributed by atoms with Crippen molar-refractivity contribution < 1.29 is 4.79 Å². The minimum absolute atomic E-state index is 0.0961. The molecule has 0 radical (unpaired) electrons. The van der Waals surface area contributed by atoms with E-state index >= 15 is 0 Å². The summed E-state index contributed by atoms with van der Waals surface area (Å²) >= 11 is 0. The number of anilines is 2. The van der Waals surface area contributed by atoms with Crippen LogP contribution in [0.15, 0.2) is 42.5 Å². The highest BCUT2D eigenvalue weighted by molar-refractivity contribution is 5.80. The van der Waals surface area contributed by atoms with Gasteiger partial charge in [-0.1, -0.05) is 12.1 Å². The number of nitrogens with zero attached hydrogens (tertiary/aromatic N) is 4. The van der Waals surface area contributed by atoms with Crippen molar-refractivity contribution in [3.05, 3.63) is 48.0 Å². The van der Waals surface area contributed by atoms with Crippen LogP contribution in [0.3, 0.4) is 0 Å². The number of nitrogens with one attached hydrogen (secondary N) is 1. The number of rotatable bonds is 4. The Bertz CT molecular complexity index is 836. The number of benzene rings is 2. The maximum absolute atomic E-state index is 11.7. The van der Waals surface area contributed by atoms with Crippen LogP contribution in [0, 0.1) is 0 Å². The van der Waals surface area contributed by atoms with E-state index < -0.39 is 0 Å². The molecular formula is C17H19N5O. The fraction of sp³-hybridized carbons (Fsp3) is 0.235. The predicted molar refractivity (Wildman–Crippen MR) is 90.6 cm³/mol. The number of carbonyl (C=O) groups is 1. The van der Waals surface area contributed by atoms with Gasteiger partial charge in [0.2, 0.25) is 5.91 Å². The lowest BCUT2D eigenvalue weighted by molar-refractivity contribution is -0.127. The third-order valence-corrected chi connectivity index (χ3v) is 3.58. The summed E-state index contributed by atoms with van der Waals surface area (Å²) in [6.45, 7) is 0. The standard InChI is InChI=1S/C17H19N5O/c1-21(2)17(23)10-12-4-6-13(7-5-12)18-14-8-9-15-16(11-14)20-22(3)19-15/h4-9,11,18H,10H2,1-3H3. The molecule has 1 heterocycles. The summed E-state index contributed by atoms with van der Waals surface area (Å²) in [5.74, 6) is 0.0961. The zero-order chi connectivity index (χ0) is 16.4. The van der Waals surface area contributed by atoms with Gasteiger partial charge in [0, 0.05) is 32.5 Å². The van der Waals surface area contributed by atoms with Crippen LogP contribution in [0.2, 0.25) is 0 Å². The molecule has 2 aromatic carbocycles. The first kappa shape index (κ1) is 15.0. The Kier molecular flexibility index (Phi) is 3.97. The SMILES string of the molecule is CN(C)C(=O)Cc1ccc(Nc2ccc3nn(C)nc3c2)cc1. The van der Waals surface area contributed by atoms with E-state index in [0.717, 1.165) is 28.0 Å². The van der Waals surface area contributed by atoms with Crippen molar-refractivity contribution >= 4 is 28.3 Å². The van der Waals surface area contributed by atoms with E-state index in [0.29, 0.717) is 6.42 Å². The van der Waals surface area contributed by atoms with Crippen molar-refractivity contribution in [3.8, 4) is 0 Å². The second kappa shape index (κ2) is 6.08. The Morgan fingerprint density at radius 3 is 2.39 bits per heavy atom. The fourth-order valence-electron chi connectivity index (χ4n) is 2.31. The topological polar surface area (TPSA) is 63.1 Å². The molecule has 1 N–H and O–H groups in total. The first-order chi connectivity index (χ1) is 11.0.